The van der Waals surface area contributed by atoms with E-state index in [2.05, 4.69) is 25.8 Å². The molecule has 19 heavy (non-hydrogen) atoms. The molecule has 0 bridgehead atoms. The summed E-state index contributed by atoms with van der Waals surface area (Å²) < 4.78 is 5.37. The monoisotopic (exact) mass is 260 g/mol. The second-order valence-corrected chi connectivity index (χ2v) is 7.10. The quantitative estimate of drug-likeness (QED) is 0.730. The van der Waals surface area contributed by atoms with Gasteiger partial charge in [0.1, 0.15) is 5.39 Å². The van der Waals surface area contributed by atoms with E-state index in [0.717, 1.165) is 5.52 Å². The zero-order valence-electron chi connectivity index (χ0n) is 12.5. The minimum Gasteiger partial charge on any atom is -0.370 e. The Kier molecular flexibility index (Phi) is 3.04. The molecule has 0 radical (unpaired) electrons. The second kappa shape index (κ2) is 4.19. The highest BCUT2D eigenvalue weighted by Gasteiger charge is 2.27. The van der Waals surface area contributed by atoms with Gasteiger partial charge in [0.15, 0.2) is 0 Å². The number of rotatable bonds is 0. The average Bonchev–Trinajstić information content (AvgIpc) is 2.25. The van der Waals surface area contributed by atoms with Crippen LogP contribution < -0.4 is 10.6 Å². The van der Waals surface area contributed by atoms with Gasteiger partial charge in [0, 0.05) is 6.07 Å². The molecule has 3 nitrogen and oxygen atoms in total. The lowest BCUT2D eigenvalue weighted by Crippen LogP contribution is -2.28. The number of H-pyrrole nitrogens is 1. The third-order valence-electron chi connectivity index (χ3n) is 3.23. The van der Waals surface area contributed by atoms with Crippen molar-refractivity contribution in [1.82, 2.24) is 0 Å². The zero-order valence-corrected chi connectivity index (χ0v) is 12.5. The number of benzene rings is 1. The lowest BCUT2D eigenvalue weighted by atomic mass is 9.86. The van der Waals surface area contributed by atoms with E-state index in [1.54, 1.807) is 0 Å². The zero-order chi connectivity index (χ0) is 14.4. The summed E-state index contributed by atoms with van der Waals surface area (Å²) in [7, 11) is 0. The Labute approximate surface area is 113 Å². The van der Waals surface area contributed by atoms with E-state index in [0.29, 0.717) is 11.3 Å². The summed E-state index contributed by atoms with van der Waals surface area (Å²) in [6.07, 6.45) is 0. The molecule has 0 aliphatic heterocycles. The fourth-order valence-corrected chi connectivity index (χ4v) is 1.93. The van der Waals surface area contributed by atoms with E-state index in [1.807, 2.05) is 39.0 Å². The van der Waals surface area contributed by atoms with Crippen LogP contribution >= 0.6 is 0 Å². The molecule has 1 N–H and O–H groups in total. The van der Waals surface area contributed by atoms with Crippen LogP contribution in [0.3, 0.4) is 0 Å². The second-order valence-electron chi connectivity index (χ2n) is 7.10. The summed E-state index contributed by atoms with van der Waals surface area (Å²) in [6, 6.07) is 5.87. The molecular formula is C16H22NO2+. The van der Waals surface area contributed by atoms with E-state index >= 15 is 0 Å². The van der Waals surface area contributed by atoms with Gasteiger partial charge in [-0.3, -0.25) is 0 Å². The van der Waals surface area contributed by atoms with Gasteiger partial charge >= 0.3 is 11.5 Å². The number of aromatic nitrogens is 1. The first kappa shape index (κ1) is 13.8. The van der Waals surface area contributed by atoms with Crippen LogP contribution in [-0.2, 0) is 10.8 Å². The van der Waals surface area contributed by atoms with Gasteiger partial charge in [-0.2, -0.15) is 4.98 Å². The van der Waals surface area contributed by atoms with Crippen molar-refractivity contribution in [2.24, 2.45) is 0 Å². The van der Waals surface area contributed by atoms with Gasteiger partial charge in [-0.25, -0.2) is 4.79 Å². The number of nitrogens with one attached hydrogen (secondary N) is 1. The Morgan fingerprint density at radius 3 is 2.16 bits per heavy atom. The van der Waals surface area contributed by atoms with Gasteiger partial charge in [0.2, 0.25) is 5.52 Å². The Hall–Kier alpha value is -1.64. The van der Waals surface area contributed by atoms with E-state index in [4.69, 9.17) is 4.42 Å². The van der Waals surface area contributed by atoms with Crippen LogP contribution in [-0.4, -0.2) is 0 Å². The first-order valence-electron chi connectivity index (χ1n) is 6.60. The standard InChI is InChI=1S/C16H21NO2/c1-15(2,3)10-7-8-11-12(9-10)17-14(16(4,5)6)19-13(11)18/h7-9H,1-6H3/p+1. The van der Waals surface area contributed by atoms with Crippen molar-refractivity contribution in [2.75, 3.05) is 0 Å². The van der Waals surface area contributed by atoms with Crippen LogP contribution in [0.1, 0.15) is 53.0 Å². The molecule has 0 atom stereocenters. The maximum absolute atomic E-state index is 12.0. The van der Waals surface area contributed by atoms with Crippen LogP contribution in [0.25, 0.3) is 10.9 Å². The lowest BCUT2D eigenvalue weighted by molar-refractivity contribution is -0.388. The van der Waals surface area contributed by atoms with E-state index in [-0.39, 0.29) is 16.5 Å². The molecule has 0 spiro atoms. The summed E-state index contributed by atoms with van der Waals surface area (Å²) in [5, 5.41) is 0.598. The molecule has 0 amide bonds. The van der Waals surface area contributed by atoms with Gasteiger partial charge in [-0.05, 0) is 37.8 Å². The SMILES string of the molecule is CC(C)(C)c1ccc2c(=O)oc(C(C)(C)C)[nH+]c2c1. The maximum atomic E-state index is 12.0. The lowest BCUT2D eigenvalue weighted by Gasteiger charge is -2.18. The van der Waals surface area contributed by atoms with Crippen molar-refractivity contribution in [3.63, 3.8) is 0 Å². The minimum atomic E-state index is -0.279. The molecule has 102 valence electrons. The largest absolute Gasteiger partial charge is 0.370 e. The molecule has 0 saturated carbocycles. The number of hydrogen-bond acceptors (Lipinski definition) is 2. The highest BCUT2D eigenvalue weighted by molar-refractivity contribution is 5.75. The molecule has 1 aromatic heterocycles. The maximum Gasteiger partial charge on any atom is 0.354 e. The van der Waals surface area contributed by atoms with Gasteiger partial charge < -0.3 is 4.42 Å². The summed E-state index contributed by atoms with van der Waals surface area (Å²) >= 11 is 0. The third-order valence-corrected chi connectivity index (χ3v) is 3.23. The number of fused-ring (bicyclic) bond motifs is 1. The Bertz CT molecular complexity index is 664. The Balaban J connectivity index is 2.74. The van der Waals surface area contributed by atoms with E-state index < -0.39 is 0 Å². The van der Waals surface area contributed by atoms with Crippen LogP contribution in [0.4, 0.5) is 0 Å². The molecular weight excluding hydrogens is 238 g/mol. The summed E-state index contributed by atoms with van der Waals surface area (Å²) in [4.78, 5) is 15.3. The molecule has 0 aliphatic carbocycles. The molecule has 0 aliphatic rings. The Morgan fingerprint density at radius 2 is 1.63 bits per heavy atom. The smallest absolute Gasteiger partial charge is 0.354 e. The predicted octanol–water partition coefficient (Wildman–Crippen LogP) is 3.20. The van der Waals surface area contributed by atoms with Crippen LogP contribution in [0, 0.1) is 0 Å². The van der Waals surface area contributed by atoms with Crippen molar-refractivity contribution in [1.29, 1.82) is 0 Å². The minimum absolute atomic E-state index is 0.0555. The summed E-state index contributed by atoms with van der Waals surface area (Å²) in [5.74, 6) is 0.607. The van der Waals surface area contributed by atoms with Crippen LogP contribution in [0.5, 0.6) is 0 Å². The third kappa shape index (κ3) is 2.70. The van der Waals surface area contributed by atoms with Gasteiger partial charge in [0.05, 0.1) is 5.41 Å². The van der Waals surface area contributed by atoms with Gasteiger partial charge in [-0.15, -0.1) is 0 Å². The molecule has 0 fully saturated rings. The van der Waals surface area contributed by atoms with Crippen molar-refractivity contribution in [3.8, 4) is 0 Å². The fraction of sp³-hybridized carbons (Fsp3) is 0.500. The van der Waals surface area contributed by atoms with Crippen LogP contribution in [0.2, 0.25) is 0 Å². The molecule has 2 aromatic rings. The number of aromatic amines is 1. The normalized spacial score (nSPS) is 12.9. The molecule has 0 saturated heterocycles. The highest BCUT2D eigenvalue weighted by atomic mass is 16.4. The predicted molar refractivity (Wildman–Crippen MR) is 76.4 cm³/mol. The van der Waals surface area contributed by atoms with Crippen molar-refractivity contribution >= 4 is 10.9 Å². The molecule has 3 heteroatoms. The van der Waals surface area contributed by atoms with Gasteiger partial charge in [0.25, 0.3) is 0 Å². The van der Waals surface area contributed by atoms with E-state index in [9.17, 15) is 4.79 Å². The van der Waals surface area contributed by atoms with Crippen molar-refractivity contribution in [2.45, 2.75) is 52.4 Å². The van der Waals surface area contributed by atoms with Gasteiger partial charge in [-0.1, -0.05) is 26.8 Å². The highest BCUT2D eigenvalue weighted by Crippen LogP contribution is 2.24. The molecule has 0 unspecified atom stereocenters. The summed E-state index contributed by atoms with van der Waals surface area (Å²) in [5.41, 5.74) is 1.60. The van der Waals surface area contributed by atoms with Crippen LogP contribution in [0.15, 0.2) is 27.4 Å². The topological polar surface area (TPSA) is 44.4 Å². The summed E-state index contributed by atoms with van der Waals surface area (Å²) in [6.45, 7) is 12.5. The first-order valence-corrected chi connectivity index (χ1v) is 6.60. The molecule has 1 heterocycles. The van der Waals surface area contributed by atoms with Crippen molar-refractivity contribution in [3.05, 3.63) is 40.1 Å². The molecule has 2 rings (SSSR count). The Morgan fingerprint density at radius 1 is 1.00 bits per heavy atom. The average molecular weight is 260 g/mol. The first-order chi connectivity index (χ1) is 8.59. The van der Waals surface area contributed by atoms with Crippen molar-refractivity contribution < 1.29 is 9.40 Å². The van der Waals surface area contributed by atoms with E-state index in [1.165, 1.54) is 5.56 Å². The molecule has 1 aromatic carbocycles. The fourth-order valence-electron chi connectivity index (χ4n) is 1.93. The number of hydrogen-bond donors (Lipinski definition) is 0.